The molecule has 8 nitrogen and oxygen atoms in total. The number of amides is 2. The molecule has 0 fully saturated rings. The van der Waals surface area contributed by atoms with Crippen LogP contribution in [0.5, 0.6) is 0 Å². The first-order valence-corrected chi connectivity index (χ1v) is 14.6. The maximum Gasteiger partial charge on any atom is 0.444 e. The molecule has 1 aromatic carbocycles. The molecule has 2 heterocycles. The monoisotopic (exact) mass is 580 g/mol. The molecule has 1 unspecified atom stereocenters. The van der Waals surface area contributed by atoms with Crippen molar-refractivity contribution < 1.29 is 28.7 Å². The number of nitrogens with zero attached hydrogens (tertiary/aromatic N) is 2. The van der Waals surface area contributed by atoms with Crippen LogP contribution >= 0.6 is 0 Å². The van der Waals surface area contributed by atoms with E-state index in [1.165, 1.54) is 9.80 Å². The summed E-state index contributed by atoms with van der Waals surface area (Å²) >= 11 is 0. The van der Waals surface area contributed by atoms with Crippen LogP contribution in [0.4, 0.5) is 5.69 Å². The van der Waals surface area contributed by atoms with Gasteiger partial charge >= 0.3 is 6.03 Å². The van der Waals surface area contributed by atoms with Gasteiger partial charge in [-0.1, -0.05) is 101 Å². The summed E-state index contributed by atoms with van der Waals surface area (Å²) in [6.07, 6.45) is 0. The van der Waals surface area contributed by atoms with E-state index in [2.05, 4.69) is 0 Å². The Labute approximate surface area is 251 Å². The van der Waals surface area contributed by atoms with Crippen molar-refractivity contribution in [2.24, 2.45) is 21.7 Å². The molecule has 2 amide bonds. The smallest absolute Gasteiger partial charge is 0.420 e. The maximum absolute atomic E-state index is 14.8. The van der Waals surface area contributed by atoms with Crippen LogP contribution in [0.2, 0.25) is 0 Å². The summed E-state index contributed by atoms with van der Waals surface area (Å²) in [5.41, 5.74) is -3.25. The average Bonchev–Trinajstić information content (AvgIpc) is 2.81. The van der Waals surface area contributed by atoms with Gasteiger partial charge in [-0.2, -0.15) is 0 Å². The standard InChI is InChI=1S/C34H48N2O6/c1-20(2)35-28(39)22(24(37)30(3,4)5)26(32(9,10)11)41-34(35)36(21-18-16-15-17-19-21)29(40)23(25(38)31(6,7)8)27(42-34)33(12,13)14/h15-20H,1-14H3. The molecule has 0 aliphatic carbocycles. The maximum atomic E-state index is 14.8. The molecular formula is C34H48N2O6. The topological polar surface area (TPSA) is 93.2 Å². The van der Waals surface area contributed by atoms with Crippen molar-refractivity contribution in [2.75, 3.05) is 4.90 Å². The van der Waals surface area contributed by atoms with E-state index in [0.717, 1.165) is 0 Å². The van der Waals surface area contributed by atoms with Gasteiger partial charge in [0.1, 0.15) is 22.7 Å². The fourth-order valence-corrected chi connectivity index (χ4v) is 4.99. The van der Waals surface area contributed by atoms with Gasteiger partial charge in [-0.25, -0.2) is 9.80 Å². The molecule has 230 valence electrons. The van der Waals surface area contributed by atoms with Crippen molar-refractivity contribution in [3.8, 4) is 0 Å². The second-order valence-electron chi connectivity index (χ2n) is 15.6. The molecule has 2 aliphatic heterocycles. The molecule has 0 bridgehead atoms. The van der Waals surface area contributed by atoms with Crippen LogP contribution in [0.3, 0.4) is 0 Å². The van der Waals surface area contributed by atoms with E-state index in [1.54, 1.807) is 85.7 Å². The fraction of sp³-hybridized carbons (Fsp3) is 0.588. The first-order chi connectivity index (χ1) is 18.9. The summed E-state index contributed by atoms with van der Waals surface area (Å²) < 4.78 is 13.7. The molecule has 0 radical (unpaired) electrons. The fourth-order valence-electron chi connectivity index (χ4n) is 4.99. The SMILES string of the molecule is CC(C)N1C(=O)C(C(=O)C(C)(C)C)=C(C(C)(C)C)OC12OC(C(C)(C)C)=C(C(=O)C(C)(C)C)C(=O)N2c1ccccc1. The Bertz CT molecular complexity index is 1350. The lowest BCUT2D eigenvalue weighted by Gasteiger charge is -2.56. The first kappa shape index (κ1) is 33.1. The van der Waals surface area contributed by atoms with Crippen LogP contribution in [0, 0.1) is 21.7 Å². The molecule has 1 spiro atoms. The van der Waals surface area contributed by atoms with E-state index < -0.39 is 45.6 Å². The number of allylic oxidation sites excluding steroid dienone is 2. The minimum atomic E-state index is -2.15. The van der Waals surface area contributed by atoms with Crippen LogP contribution < -0.4 is 4.90 Å². The zero-order chi connectivity index (χ0) is 32.4. The second kappa shape index (κ2) is 10.4. The quantitative estimate of drug-likeness (QED) is 0.366. The summed E-state index contributed by atoms with van der Waals surface area (Å²) in [4.78, 5) is 59.8. The summed E-state index contributed by atoms with van der Waals surface area (Å²) in [6, 6.07) is 5.98. The number of benzene rings is 1. The van der Waals surface area contributed by atoms with E-state index in [9.17, 15) is 19.2 Å². The van der Waals surface area contributed by atoms with Gasteiger partial charge in [0.2, 0.25) is 0 Å². The van der Waals surface area contributed by atoms with Crippen LogP contribution in [0.1, 0.15) is 96.9 Å². The largest absolute Gasteiger partial charge is 0.444 e. The molecule has 1 atom stereocenters. The third kappa shape index (κ3) is 5.64. The van der Waals surface area contributed by atoms with Crippen LogP contribution in [0.25, 0.3) is 0 Å². The number of rotatable bonds is 4. The summed E-state index contributed by atoms with van der Waals surface area (Å²) in [7, 11) is 0. The Balaban J connectivity index is 2.57. The summed E-state index contributed by atoms with van der Waals surface area (Å²) in [5.74, 6) is -1.76. The number of carbonyl (C=O) groups is 4. The van der Waals surface area contributed by atoms with Crippen molar-refractivity contribution in [1.29, 1.82) is 0 Å². The first-order valence-electron chi connectivity index (χ1n) is 14.6. The number of anilines is 1. The molecule has 1 aromatic rings. The number of hydrogen-bond donors (Lipinski definition) is 0. The van der Waals surface area contributed by atoms with E-state index in [1.807, 2.05) is 41.5 Å². The minimum absolute atomic E-state index is 0.0729. The summed E-state index contributed by atoms with van der Waals surface area (Å²) in [6.45, 7) is 25.1. The van der Waals surface area contributed by atoms with Crippen molar-refractivity contribution in [3.63, 3.8) is 0 Å². The predicted octanol–water partition coefficient (Wildman–Crippen LogP) is 6.76. The van der Waals surface area contributed by atoms with E-state index in [4.69, 9.17) is 9.47 Å². The highest BCUT2D eigenvalue weighted by Gasteiger charge is 2.65. The van der Waals surface area contributed by atoms with E-state index in [-0.39, 0.29) is 34.2 Å². The van der Waals surface area contributed by atoms with Gasteiger partial charge in [0.15, 0.2) is 11.6 Å². The molecule has 8 heteroatoms. The van der Waals surface area contributed by atoms with Crippen molar-refractivity contribution in [2.45, 2.75) is 109 Å². The molecule has 0 saturated carbocycles. The van der Waals surface area contributed by atoms with Gasteiger partial charge in [0, 0.05) is 27.7 Å². The lowest BCUT2D eigenvalue weighted by Crippen LogP contribution is -2.74. The van der Waals surface area contributed by atoms with Crippen LogP contribution in [-0.2, 0) is 28.7 Å². The Morgan fingerprint density at radius 2 is 1.05 bits per heavy atom. The number of Topliss-reactive ketones (excluding diaryl/α,β-unsaturated/α-hetero) is 2. The lowest BCUT2D eigenvalue weighted by atomic mass is 9.79. The zero-order valence-electron chi connectivity index (χ0n) is 27.8. The Morgan fingerprint density at radius 3 is 1.38 bits per heavy atom. The van der Waals surface area contributed by atoms with Crippen LogP contribution in [-0.4, -0.2) is 40.4 Å². The van der Waals surface area contributed by atoms with Crippen molar-refractivity contribution in [1.82, 2.24) is 4.90 Å². The molecule has 2 aliphatic rings. The van der Waals surface area contributed by atoms with Gasteiger partial charge in [-0.05, 0) is 26.0 Å². The van der Waals surface area contributed by atoms with Gasteiger partial charge in [0.25, 0.3) is 11.8 Å². The molecule has 0 saturated heterocycles. The van der Waals surface area contributed by atoms with Gasteiger partial charge < -0.3 is 9.47 Å². The van der Waals surface area contributed by atoms with Gasteiger partial charge in [0.05, 0.1) is 5.69 Å². The second-order valence-corrected chi connectivity index (χ2v) is 15.6. The molecule has 42 heavy (non-hydrogen) atoms. The Hall–Kier alpha value is -3.42. The zero-order valence-corrected chi connectivity index (χ0v) is 27.8. The number of ether oxygens (including phenoxy) is 2. The van der Waals surface area contributed by atoms with Crippen molar-refractivity contribution in [3.05, 3.63) is 53.0 Å². The van der Waals surface area contributed by atoms with Gasteiger partial charge in [-0.3, -0.25) is 19.2 Å². The predicted molar refractivity (Wildman–Crippen MR) is 163 cm³/mol. The number of hydrogen-bond acceptors (Lipinski definition) is 6. The van der Waals surface area contributed by atoms with Crippen molar-refractivity contribution >= 4 is 29.1 Å². The number of para-hydroxylation sites is 1. The molecule has 0 N–H and O–H groups in total. The molecule has 3 rings (SSSR count). The minimum Gasteiger partial charge on any atom is -0.420 e. The number of carbonyl (C=O) groups excluding carboxylic acids is 4. The third-order valence-corrected chi connectivity index (χ3v) is 7.07. The van der Waals surface area contributed by atoms with E-state index >= 15 is 0 Å². The number of ketones is 2. The normalized spacial score (nSPS) is 20.8. The summed E-state index contributed by atoms with van der Waals surface area (Å²) in [5, 5.41) is 0. The Kier molecular flexibility index (Phi) is 8.18. The molecule has 0 aromatic heterocycles. The Morgan fingerprint density at radius 1 is 0.667 bits per heavy atom. The highest BCUT2D eigenvalue weighted by Crippen LogP contribution is 2.51. The lowest BCUT2D eigenvalue weighted by molar-refractivity contribution is -0.298. The highest BCUT2D eigenvalue weighted by atomic mass is 16.8. The van der Waals surface area contributed by atoms with E-state index in [0.29, 0.717) is 5.69 Å². The highest BCUT2D eigenvalue weighted by molar-refractivity contribution is 6.27. The third-order valence-electron chi connectivity index (χ3n) is 7.07. The molecular weight excluding hydrogens is 532 g/mol. The van der Waals surface area contributed by atoms with Gasteiger partial charge in [-0.15, -0.1) is 0 Å². The average molecular weight is 581 g/mol. The van der Waals surface area contributed by atoms with Crippen LogP contribution in [0.15, 0.2) is 53.0 Å².